The SMILES string of the molecule is Cc1ccc(S(N)(=O)=O)cc1C(=O)N1CCC(C)C(C)C1. The summed E-state index contributed by atoms with van der Waals surface area (Å²) in [5.41, 5.74) is 1.18. The van der Waals surface area contributed by atoms with Crippen molar-refractivity contribution in [3.8, 4) is 0 Å². The van der Waals surface area contributed by atoms with Crippen molar-refractivity contribution in [1.29, 1.82) is 0 Å². The molecule has 1 aliphatic heterocycles. The summed E-state index contributed by atoms with van der Waals surface area (Å²) in [4.78, 5) is 14.4. The first-order valence-corrected chi connectivity index (χ1v) is 8.67. The Hall–Kier alpha value is -1.40. The van der Waals surface area contributed by atoms with Crippen molar-refractivity contribution in [1.82, 2.24) is 4.90 Å². The van der Waals surface area contributed by atoms with Crippen molar-refractivity contribution in [2.75, 3.05) is 13.1 Å². The fourth-order valence-electron chi connectivity index (χ4n) is 2.63. The molecule has 21 heavy (non-hydrogen) atoms. The summed E-state index contributed by atoms with van der Waals surface area (Å²) in [5.74, 6) is 0.937. The van der Waals surface area contributed by atoms with Gasteiger partial charge in [-0.2, -0.15) is 0 Å². The summed E-state index contributed by atoms with van der Waals surface area (Å²) in [6.07, 6.45) is 0.973. The molecule has 0 radical (unpaired) electrons. The number of sulfonamides is 1. The van der Waals surface area contributed by atoms with Crippen LogP contribution >= 0.6 is 0 Å². The highest BCUT2D eigenvalue weighted by atomic mass is 32.2. The van der Waals surface area contributed by atoms with E-state index in [1.807, 2.05) is 0 Å². The molecule has 2 rings (SSSR count). The molecule has 0 spiro atoms. The number of primary sulfonamides is 1. The first kappa shape index (κ1) is 16.0. The van der Waals surface area contributed by atoms with E-state index in [0.29, 0.717) is 30.5 Å². The van der Waals surface area contributed by atoms with E-state index in [9.17, 15) is 13.2 Å². The van der Waals surface area contributed by atoms with Gasteiger partial charge in [-0.1, -0.05) is 19.9 Å². The highest BCUT2D eigenvalue weighted by Crippen LogP contribution is 2.25. The van der Waals surface area contributed by atoms with Gasteiger partial charge < -0.3 is 4.90 Å². The van der Waals surface area contributed by atoms with Gasteiger partial charge in [0.1, 0.15) is 0 Å². The van der Waals surface area contributed by atoms with Crippen LogP contribution in [0.2, 0.25) is 0 Å². The zero-order chi connectivity index (χ0) is 15.8. The van der Waals surface area contributed by atoms with Gasteiger partial charge >= 0.3 is 0 Å². The molecule has 0 bridgehead atoms. The Morgan fingerprint density at radius 1 is 1.29 bits per heavy atom. The second-order valence-electron chi connectivity index (χ2n) is 6.02. The zero-order valence-corrected chi connectivity index (χ0v) is 13.5. The molecule has 1 saturated heterocycles. The van der Waals surface area contributed by atoms with Gasteiger partial charge in [0.05, 0.1) is 4.90 Å². The summed E-state index contributed by atoms with van der Waals surface area (Å²) < 4.78 is 22.9. The second kappa shape index (κ2) is 5.77. The first-order valence-electron chi connectivity index (χ1n) is 7.13. The lowest BCUT2D eigenvalue weighted by molar-refractivity contribution is 0.0626. The summed E-state index contributed by atoms with van der Waals surface area (Å²) in [6.45, 7) is 7.55. The molecule has 2 atom stereocenters. The lowest BCUT2D eigenvalue weighted by atomic mass is 9.88. The predicted molar refractivity (Wildman–Crippen MR) is 81.4 cm³/mol. The van der Waals surface area contributed by atoms with E-state index < -0.39 is 10.0 Å². The Labute approximate surface area is 126 Å². The molecule has 1 aromatic rings. The van der Waals surface area contributed by atoms with Crippen LogP contribution in [-0.4, -0.2) is 32.3 Å². The smallest absolute Gasteiger partial charge is 0.254 e. The van der Waals surface area contributed by atoms with Crippen LogP contribution in [-0.2, 0) is 10.0 Å². The fourth-order valence-corrected chi connectivity index (χ4v) is 3.17. The van der Waals surface area contributed by atoms with E-state index in [4.69, 9.17) is 5.14 Å². The molecular formula is C15H22N2O3S. The van der Waals surface area contributed by atoms with Gasteiger partial charge in [-0.3, -0.25) is 4.79 Å². The lowest BCUT2D eigenvalue weighted by Crippen LogP contribution is -2.42. The number of rotatable bonds is 2. The molecule has 1 amide bonds. The van der Waals surface area contributed by atoms with Crippen molar-refractivity contribution in [2.45, 2.75) is 32.1 Å². The van der Waals surface area contributed by atoms with Crippen LogP contribution in [0, 0.1) is 18.8 Å². The Balaban J connectivity index is 2.31. The molecule has 6 heteroatoms. The molecule has 1 aliphatic rings. The number of aryl methyl sites for hydroxylation is 1. The second-order valence-corrected chi connectivity index (χ2v) is 7.58. The number of nitrogens with zero attached hydrogens (tertiary/aromatic N) is 1. The Morgan fingerprint density at radius 2 is 1.95 bits per heavy atom. The number of benzene rings is 1. The third-order valence-electron chi connectivity index (χ3n) is 4.39. The molecule has 0 saturated carbocycles. The van der Waals surface area contributed by atoms with E-state index in [0.717, 1.165) is 12.0 Å². The number of nitrogens with two attached hydrogens (primary N) is 1. The van der Waals surface area contributed by atoms with Crippen LogP contribution in [0.15, 0.2) is 23.1 Å². The number of piperidine rings is 1. The average molecular weight is 310 g/mol. The molecule has 0 aliphatic carbocycles. The summed E-state index contributed by atoms with van der Waals surface area (Å²) >= 11 is 0. The molecule has 1 aromatic carbocycles. The Morgan fingerprint density at radius 3 is 2.52 bits per heavy atom. The molecule has 1 fully saturated rings. The lowest BCUT2D eigenvalue weighted by Gasteiger charge is -2.35. The van der Waals surface area contributed by atoms with Gasteiger partial charge in [0.25, 0.3) is 5.91 Å². The van der Waals surface area contributed by atoms with Crippen LogP contribution in [0.5, 0.6) is 0 Å². The zero-order valence-electron chi connectivity index (χ0n) is 12.7. The number of carbonyl (C=O) groups excluding carboxylic acids is 1. The molecule has 0 aromatic heterocycles. The molecule has 5 nitrogen and oxygen atoms in total. The highest BCUT2D eigenvalue weighted by molar-refractivity contribution is 7.89. The third kappa shape index (κ3) is 3.44. The van der Waals surface area contributed by atoms with E-state index in [2.05, 4.69) is 13.8 Å². The van der Waals surface area contributed by atoms with E-state index in [1.165, 1.54) is 12.1 Å². The average Bonchev–Trinajstić information content (AvgIpc) is 2.40. The van der Waals surface area contributed by atoms with Crippen molar-refractivity contribution >= 4 is 15.9 Å². The molecular weight excluding hydrogens is 288 g/mol. The van der Waals surface area contributed by atoms with E-state index in [1.54, 1.807) is 17.9 Å². The van der Waals surface area contributed by atoms with E-state index in [-0.39, 0.29) is 10.8 Å². The van der Waals surface area contributed by atoms with Gasteiger partial charge in [-0.25, -0.2) is 13.6 Å². The van der Waals surface area contributed by atoms with Crippen LogP contribution in [0.4, 0.5) is 0 Å². The van der Waals surface area contributed by atoms with Crippen LogP contribution < -0.4 is 5.14 Å². The quantitative estimate of drug-likeness (QED) is 0.904. The fraction of sp³-hybridized carbons (Fsp3) is 0.533. The summed E-state index contributed by atoms with van der Waals surface area (Å²) in [6, 6.07) is 4.45. The molecule has 2 unspecified atom stereocenters. The maximum absolute atomic E-state index is 12.6. The monoisotopic (exact) mass is 310 g/mol. The maximum atomic E-state index is 12.6. The molecule has 1 heterocycles. The van der Waals surface area contributed by atoms with Crippen molar-refractivity contribution < 1.29 is 13.2 Å². The number of carbonyl (C=O) groups is 1. The highest BCUT2D eigenvalue weighted by Gasteiger charge is 2.27. The van der Waals surface area contributed by atoms with Gasteiger partial charge in [0, 0.05) is 18.7 Å². The van der Waals surface area contributed by atoms with Crippen LogP contribution in [0.3, 0.4) is 0 Å². The predicted octanol–water partition coefficient (Wildman–Crippen LogP) is 1.76. The van der Waals surface area contributed by atoms with Crippen LogP contribution in [0.1, 0.15) is 36.2 Å². The minimum atomic E-state index is -3.80. The summed E-state index contributed by atoms with van der Waals surface area (Å²) in [7, 11) is -3.80. The van der Waals surface area contributed by atoms with E-state index >= 15 is 0 Å². The Bertz CT molecular complexity index is 655. The first-order chi connectivity index (χ1) is 9.70. The van der Waals surface area contributed by atoms with Crippen molar-refractivity contribution in [2.24, 2.45) is 17.0 Å². The van der Waals surface area contributed by atoms with Crippen molar-refractivity contribution in [3.05, 3.63) is 29.3 Å². The number of hydrogen-bond acceptors (Lipinski definition) is 3. The number of likely N-dealkylation sites (tertiary alicyclic amines) is 1. The van der Waals surface area contributed by atoms with Gasteiger partial charge in [-0.05, 0) is 42.9 Å². The minimum Gasteiger partial charge on any atom is -0.338 e. The maximum Gasteiger partial charge on any atom is 0.254 e. The van der Waals surface area contributed by atoms with Gasteiger partial charge in [0.15, 0.2) is 0 Å². The third-order valence-corrected chi connectivity index (χ3v) is 5.30. The van der Waals surface area contributed by atoms with Crippen LogP contribution in [0.25, 0.3) is 0 Å². The topological polar surface area (TPSA) is 80.5 Å². The molecule has 116 valence electrons. The number of amides is 1. The normalized spacial score (nSPS) is 23.1. The number of hydrogen-bond donors (Lipinski definition) is 1. The summed E-state index contributed by atoms with van der Waals surface area (Å²) in [5, 5.41) is 5.14. The standard InChI is InChI=1S/C15H22N2O3S/c1-10-6-7-17(9-12(10)3)15(18)14-8-13(21(16,19)20)5-4-11(14)2/h4-5,8,10,12H,6-7,9H2,1-3H3,(H2,16,19,20). The van der Waals surface area contributed by atoms with Gasteiger partial charge in [0.2, 0.25) is 10.0 Å². The molecule has 2 N–H and O–H groups in total. The Kier molecular flexibility index (Phi) is 4.39. The van der Waals surface area contributed by atoms with Gasteiger partial charge in [-0.15, -0.1) is 0 Å². The minimum absolute atomic E-state index is 0.0186. The van der Waals surface area contributed by atoms with Crippen molar-refractivity contribution in [3.63, 3.8) is 0 Å². The largest absolute Gasteiger partial charge is 0.338 e.